The summed E-state index contributed by atoms with van der Waals surface area (Å²) in [6.07, 6.45) is 2.18. The quantitative estimate of drug-likeness (QED) is 0.795. The maximum Gasteiger partial charge on any atom is 0.223 e. The van der Waals surface area contributed by atoms with Gasteiger partial charge in [0, 0.05) is 26.2 Å². The molecule has 0 unspecified atom stereocenters. The molecule has 0 saturated carbocycles. The van der Waals surface area contributed by atoms with Crippen molar-refractivity contribution in [1.29, 1.82) is 0 Å². The molecule has 5 heteroatoms. The van der Waals surface area contributed by atoms with E-state index in [0.29, 0.717) is 12.0 Å². The van der Waals surface area contributed by atoms with Crippen molar-refractivity contribution in [2.45, 2.75) is 32.7 Å². The van der Waals surface area contributed by atoms with Gasteiger partial charge in [-0.15, -0.1) is 0 Å². The minimum atomic E-state index is 0.305. The molecule has 3 N–H and O–H groups in total. The third-order valence-corrected chi connectivity index (χ3v) is 2.84. The molecule has 1 aromatic heterocycles. The summed E-state index contributed by atoms with van der Waals surface area (Å²) in [5, 5.41) is 2.98. The predicted octanol–water partition coefficient (Wildman–Crippen LogP) is 1.73. The van der Waals surface area contributed by atoms with Crippen molar-refractivity contribution < 1.29 is 0 Å². The zero-order valence-electron chi connectivity index (χ0n) is 10.5. The zero-order chi connectivity index (χ0) is 12.1. The van der Waals surface area contributed by atoms with E-state index in [1.165, 1.54) is 0 Å². The molecule has 1 aromatic rings. The van der Waals surface area contributed by atoms with Crippen molar-refractivity contribution in [2.75, 3.05) is 30.0 Å². The minimum absolute atomic E-state index is 0.305. The number of nitrogens with zero attached hydrogens (tertiary/aromatic N) is 3. The van der Waals surface area contributed by atoms with Gasteiger partial charge in [0.2, 0.25) is 5.95 Å². The van der Waals surface area contributed by atoms with Crippen molar-refractivity contribution in [1.82, 2.24) is 9.97 Å². The van der Waals surface area contributed by atoms with Crippen LogP contribution in [0.4, 0.5) is 17.6 Å². The molecule has 1 heterocycles. The van der Waals surface area contributed by atoms with Gasteiger partial charge in [-0.2, -0.15) is 9.97 Å². The summed E-state index contributed by atoms with van der Waals surface area (Å²) in [7, 11) is 3.86. The molecule has 16 heavy (non-hydrogen) atoms. The average molecular weight is 223 g/mol. The number of nitrogens with one attached hydrogen (secondary N) is 1. The molecular weight excluding hydrogens is 202 g/mol. The van der Waals surface area contributed by atoms with Crippen molar-refractivity contribution >= 4 is 17.6 Å². The lowest BCUT2D eigenvalue weighted by Crippen LogP contribution is -2.31. The Morgan fingerprint density at radius 2 is 2.00 bits per heavy atom. The topological polar surface area (TPSA) is 67.1 Å². The Labute approximate surface area is 97.1 Å². The van der Waals surface area contributed by atoms with Crippen LogP contribution in [0.1, 0.15) is 26.7 Å². The Bertz CT molecular complexity index is 335. The molecule has 0 spiro atoms. The molecule has 0 aliphatic rings. The number of hydrogen-bond acceptors (Lipinski definition) is 5. The number of rotatable bonds is 5. The van der Waals surface area contributed by atoms with Crippen molar-refractivity contribution in [3.05, 3.63) is 6.07 Å². The summed E-state index contributed by atoms with van der Waals surface area (Å²) >= 11 is 0. The minimum Gasteiger partial charge on any atom is -0.373 e. The van der Waals surface area contributed by atoms with Gasteiger partial charge in [0.05, 0.1) is 0 Å². The summed E-state index contributed by atoms with van der Waals surface area (Å²) < 4.78 is 0. The van der Waals surface area contributed by atoms with Crippen molar-refractivity contribution in [3.8, 4) is 0 Å². The first-order valence-electron chi connectivity index (χ1n) is 5.67. The normalized spacial score (nSPS) is 10.6. The Kier molecular flexibility index (Phi) is 4.34. The molecule has 90 valence electrons. The predicted molar refractivity (Wildman–Crippen MR) is 68.8 cm³/mol. The highest BCUT2D eigenvalue weighted by Gasteiger charge is 2.13. The molecule has 5 nitrogen and oxygen atoms in total. The highest BCUT2D eigenvalue weighted by atomic mass is 15.2. The molecule has 0 radical (unpaired) electrons. The Morgan fingerprint density at radius 3 is 2.50 bits per heavy atom. The van der Waals surface area contributed by atoms with Crippen LogP contribution in [0.25, 0.3) is 0 Å². The van der Waals surface area contributed by atoms with E-state index in [0.717, 1.165) is 24.5 Å². The summed E-state index contributed by atoms with van der Waals surface area (Å²) in [6, 6.07) is 2.40. The van der Waals surface area contributed by atoms with Gasteiger partial charge in [0.1, 0.15) is 11.6 Å². The Balaban J connectivity index is 2.97. The van der Waals surface area contributed by atoms with E-state index in [-0.39, 0.29) is 0 Å². The van der Waals surface area contributed by atoms with Crippen LogP contribution >= 0.6 is 0 Å². The standard InChI is InChI=1S/C11H21N5/c1-5-8(6-2)16(4)10-7-9(13-3)14-11(12)15-10/h7-8H,5-6H2,1-4H3,(H3,12,13,14,15). The van der Waals surface area contributed by atoms with Crippen LogP contribution in [0.2, 0.25) is 0 Å². The summed E-state index contributed by atoms with van der Waals surface area (Å²) in [6.45, 7) is 4.35. The Hall–Kier alpha value is -1.52. The van der Waals surface area contributed by atoms with E-state index in [4.69, 9.17) is 5.73 Å². The molecule has 0 amide bonds. The number of nitrogen functional groups attached to an aromatic ring is 1. The van der Waals surface area contributed by atoms with E-state index in [9.17, 15) is 0 Å². The first kappa shape index (κ1) is 12.5. The zero-order valence-corrected chi connectivity index (χ0v) is 10.5. The van der Waals surface area contributed by atoms with E-state index in [1.54, 1.807) is 0 Å². The first-order chi connectivity index (χ1) is 7.62. The molecule has 0 fully saturated rings. The lowest BCUT2D eigenvalue weighted by molar-refractivity contribution is 0.587. The largest absolute Gasteiger partial charge is 0.373 e. The van der Waals surface area contributed by atoms with Crippen LogP contribution in [0.5, 0.6) is 0 Å². The first-order valence-corrected chi connectivity index (χ1v) is 5.67. The fourth-order valence-corrected chi connectivity index (χ4v) is 1.78. The third-order valence-electron chi connectivity index (χ3n) is 2.84. The monoisotopic (exact) mass is 223 g/mol. The molecule has 0 aliphatic heterocycles. The van der Waals surface area contributed by atoms with Gasteiger partial charge in [-0.3, -0.25) is 0 Å². The van der Waals surface area contributed by atoms with Gasteiger partial charge in [-0.1, -0.05) is 13.8 Å². The number of anilines is 3. The highest BCUT2D eigenvalue weighted by Crippen LogP contribution is 2.19. The van der Waals surface area contributed by atoms with Crippen LogP contribution < -0.4 is 16.0 Å². The fraction of sp³-hybridized carbons (Fsp3) is 0.636. The van der Waals surface area contributed by atoms with Gasteiger partial charge in [-0.25, -0.2) is 0 Å². The van der Waals surface area contributed by atoms with E-state index in [2.05, 4.69) is 34.0 Å². The third kappa shape index (κ3) is 2.74. The molecular formula is C11H21N5. The van der Waals surface area contributed by atoms with Gasteiger partial charge in [0.15, 0.2) is 0 Å². The lowest BCUT2D eigenvalue weighted by Gasteiger charge is -2.27. The van der Waals surface area contributed by atoms with E-state index < -0.39 is 0 Å². The highest BCUT2D eigenvalue weighted by molar-refractivity contribution is 5.52. The average Bonchev–Trinajstić information content (AvgIpc) is 2.29. The van der Waals surface area contributed by atoms with Crippen LogP contribution in [0.15, 0.2) is 6.07 Å². The number of hydrogen-bond donors (Lipinski definition) is 2. The second-order valence-electron chi connectivity index (χ2n) is 3.80. The van der Waals surface area contributed by atoms with Crippen molar-refractivity contribution in [3.63, 3.8) is 0 Å². The molecule has 1 rings (SSSR count). The van der Waals surface area contributed by atoms with Gasteiger partial charge in [-0.05, 0) is 12.8 Å². The van der Waals surface area contributed by atoms with Gasteiger partial charge >= 0.3 is 0 Å². The van der Waals surface area contributed by atoms with Crippen LogP contribution in [0, 0.1) is 0 Å². The lowest BCUT2D eigenvalue weighted by atomic mass is 10.1. The van der Waals surface area contributed by atoms with Crippen molar-refractivity contribution in [2.24, 2.45) is 0 Å². The van der Waals surface area contributed by atoms with Crippen LogP contribution in [-0.2, 0) is 0 Å². The number of aromatic nitrogens is 2. The summed E-state index contributed by atoms with van der Waals surface area (Å²) in [5.74, 6) is 1.92. The summed E-state index contributed by atoms with van der Waals surface area (Å²) in [5.41, 5.74) is 5.67. The van der Waals surface area contributed by atoms with E-state index >= 15 is 0 Å². The molecule has 0 aromatic carbocycles. The second kappa shape index (κ2) is 5.53. The molecule has 0 saturated heterocycles. The molecule has 0 aliphatic carbocycles. The smallest absolute Gasteiger partial charge is 0.223 e. The van der Waals surface area contributed by atoms with Gasteiger partial charge in [0.25, 0.3) is 0 Å². The van der Waals surface area contributed by atoms with Crippen LogP contribution in [0.3, 0.4) is 0 Å². The molecule has 0 atom stereocenters. The second-order valence-corrected chi connectivity index (χ2v) is 3.80. The SMILES string of the molecule is CCC(CC)N(C)c1cc(NC)nc(N)n1. The maximum absolute atomic E-state index is 5.67. The van der Waals surface area contributed by atoms with Gasteiger partial charge < -0.3 is 16.0 Å². The molecule has 0 bridgehead atoms. The number of nitrogens with two attached hydrogens (primary N) is 1. The maximum atomic E-state index is 5.67. The van der Waals surface area contributed by atoms with E-state index in [1.807, 2.05) is 20.2 Å². The fourth-order valence-electron chi connectivity index (χ4n) is 1.78. The Morgan fingerprint density at radius 1 is 1.38 bits per heavy atom. The summed E-state index contributed by atoms with van der Waals surface area (Å²) in [4.78, 5) is 10.5. The van der Waals surface area contributed by atoms with Crippen LogP contribution in [-0.4, -0.2) is 30.1 Å².